The third-order valence-electron chi connectivity index (χ3n) is 3.60. The Morgan fingerprint density at radius 2 is 1.69 bits per heavy atom. The lowest BCUT2D eigenvalue weighted by Gasteiger charge is -2.01. The number of rotatable bonds is 8. The largest absolute Gasteiger partial charge is 0.408 e. The molecule has 12 heteroatoms. The Labute approximate surface area is 167 Å². The molecule has 29 heavy (non-hydrogen) atoms. The lowest BCUT2D eigenvalue weighted by atomic mass is 10.1. The summed E-state index contributed by atoms with van der Waals surface area (Å²) in [5, 5.41) is 31.7. The number of nitrogens with zero attached hydrogens (tertiary/aromatic N) is 4. The minimum atomic E-state index is -0.842. The summed E-state index contributed by atoms with van der Waals surface area (Å²) < 4.78 is 5.33. The van der Waals surface area contributed by atoms with E-state index >= 15 is 0 Å². The van der Waals surface area contributed by atoms with Gasteiger partial charge in [0.1, 0.15) is 0 Å². The fourth-order valence-corrected chi connectivity index (χ4v) is 3.15. The highest BCUT2D eigenvalue weighted by Crippen LogP contribution is 2.23. The first kappa shape index (κ1) is 19.9. The van der Waals surface area contributed by atoms with Crippen molar-refractivity contribution >= 4 is 35.1 Å². The van der Waals surface area contributed by atoms with Gasteiger partial charge in [0.15, 0.2) is 0 Å². The molecule has 0 bridgehead atoms. The maximum absolute atomic E-state index is 12.3. The average molecular weight is 415 g/mol. The van der Waals surface area contributed by atoms with Crippen molar-refractivity contribution in [1.29, 1.82) is 0 Å². The van der Waals surface area contributed by atoms with E-state index in [-0.39, 0.29) is 11.6 Å². The third-order valence-corrected chi connectivity index (χ3v) is 4.62. The first-order valence-corrected chi connectivity index (χ1v) is 9.16. The van der Waals surface area contributed by atoms with Crippen molar-refractivity contribution in [1.82, 2.24) is 10.2 Å². The maximum atomic E-state index is 12.3. The lowest BCUT2D eigenvalue weighted by Crippen LogP contribution is -2.13. The normalized spacial score (nSPS) is 10.5. The molecule has 1 heterocycles. The van der Waals surface area contributed by atoms with E-state index in [2.05, 4.69) is 15.5 Å². The van der Waals surface area contributed by atoms with Gasteiger partial charge in [-0.2, -0.15) is 0 Å². The van der Waals surface area contributed by atoms with Gasteiger partial charge < -0.3 is 4.42 Å². The van der Waals surface area contributed by atoms with Crippen LogP contribution < -0.4 is 5.32 Å². The number of hydrogen-bond acceptors (Lipinski definition) is 9. The van der Waals surface area contributed by atoms with Gasteiger partial charge in [0.2, 0.25) is 5.89 Å². The van der Waals surface area contributed by atoms with Gasteiger partial charge in [0.25, 0.3) is 17.3 Å². The Morgan fingerprint density at radius 1 is 1.03 bits per heavy atom. The number of aromatic nitrogens is 2. The molecule has 3 rings (SSSR count). The predicted molar refractivity (Wildman–Crippen MR) is 103 cm³/mol. The van der Waals surface area contributed by atoms with Gasteiger partial charge in [-0.25, -0.2) is 0 Å². The number of thioether (sulfide) groups is 1. The van der Waals surface area contributed by atoms with Crippen LogP contribution in [-0.4, -0.2) is 31.7 Å². The van der Waals surface area contributed by atoms with Crippen molar-refractivity contribution in [2.24, 2.45) is 0 Å². The molecular weight excluding hydrogens is 402 g/mol. The van der Waals surface area contributed by atoms with E-state index in [0.29, 0.717) is 18.1 Å². The summed E-state index contributed by atoms with van der Waals surface area (Å²) >= 11 is 1.60. The van der Waals surface area contributed by atoms with Gasteiger partial charge in [-0.3, -0.25) is 30.3 Å². The summed E-state index contributed by atoms with van der Waals surface area (Å²) in [6, 6.07) is 12.2. The van der Waals surface area contributed by atoms with E-state index in [1.165, 1.54) is 0 Å². The van der Waals surface area contributed by atoms with E-state index in [1.54, 1.807) is 11.8 Å². The Balaban J connectivity index is 1.64. The molecule has 0 aliphatic rings. The van der Waals surface area contributed by atoms with E-state index < -0.39 is 27.1 Å². The molecule has 3 aromatic rings. The van der Waals surface area contributed by atoms with E-state index in [4.69, 9.17) is 4.42 Å². The summed E-state index contributed by atoms with van der Waals surface area (Å²) in [5.41, 5.74) is -1.42. The van der Waals surface area contributed by atoms with Crippen molar-refractivity contribution < 1.29 is 19.1 Å². The monoisotopic (exact) mass is 415 g/mol. The number of benzene rings is 2. The number of aryl methyl sites for hydroxylation is 1. The molecule has 0 radical (unpaired) electrons. The molecule has 1 aromatic heterocycles. The Morgan fingerprint density at radius 3 is 2.31 bits per heavy atom. The summed E-state index contributed by atoms with van der Waals surface area (Å²) in [7, 11) is 0. The number of nitro benzene ring substituents is 2. The molecule has 0 unspecified atom stereocenters. The van der Waals surface area contributed by atoms with Crippen LogP contribution in [0.1, 0.15) is 16.2 Å². The molecule has 2 aromatic carbocycles. The standard InChI is InChI=1S/C17H13N5O6S/c23-16(11-8-12(21(24)25)10-13(9-11)22(26)27)18-17-20-19-15(28-17)6-7-29-14-4-2-1-3-5-14/h1-5,8-10H,6-7H2,(H,18,20,23). The molecule has 148 valence electrons. The Bertz CT molecular complexity index is 1020. The first-order valence-electron chi connectivity index (χ1n) is 8.18. The molecule has 11 nitrogen and oxygen atoms in total. The van der Waals surface area contributed by atoms with Crippen LogP contribution in [0.15, 0.2) is 57.8 Å². The van der Waals surface area contributed by atoms with Crippen LogP contribution in [0.5, 0.6) is 0 Å². The summed E-state index contributed by atoms with van der Waals surface area (Å²) in [4.78, 5) is 33.6. The number of hydrogen-bond donors (Lipinski definition) is 1. The van der Waals surface area contributed by atoms with Gasteiger partial charge in [-0.05, 0) is 12.1 Å². The van der Waals surface area contributed by atoms with Gasteiger partial charge in [0, 0.05) is 29.2 Å². The average Bonchev–Trinajstić information content (AvgIpc) is 3.15. The van der Waals surface area contributed by atoms with E-state index in [1.807, 2.05) is 30.3 Å². The van der Waals surface area contributed by atoms with E-state index in [9.17, 15) is 25.0 Å². The summed E-state index contributed by atoms with van der Waals surface area (Å²) in [5.74, 6) is 0.135. The van der Waals surface area contributed by atoms with Crippen molar-refractivity contribution in [3.8, 4) is 0 Å². The number of anilines is 1. The van der Waals surface area contributed by atoms with Crippen LogP contribution in [-0.2, 0) is 6.42 Å². The molecule has 0 atom stereocenters. The SMILES string of the molecule is O=C(Nc1nnc(CCSc2ccccc2)o1)c1cc([N+](=O)[O-])cc([N+](=O)[O-])c1. The highest BCUT2D eigenvalue weighted by atomic mass is 32.2. The zero-order valence-corrected chi connectivity index (χ0v) is 15.5. The predicted octanol–water partition coefficient (Wildman–Crippen LogP) is 3.47. The van der Waals surface area contributed by atoms with Gasteiger partial charge in [0.05, 0.1) is 21.5 Å². The molecule has 1 amide bonds. The van der Waals surface area contributed by atoms with Gasteiger partial charge in [-0.1, -0.05) is 23.3 Å². The molecular formula is C17H13N5O6S. The second-order valence-electron chi connectivity index (χ2n) is 5.62. The molecule has 0 aliphatic carbocycles. The minimum Gasteiger partial charge on any atom is -0.408 e. The summed E-state index contributed by atoms with van der Waals surface area (Å²) in [6.07, 6.45) is 0.463. The quantitative estimate of drug-likeness (QED) is 0.331. The van der Waals surface area contributed by atoms with Crippen LogP contribution in [0, 0.1) is 20.2 Å². The van der Waals surface area contributed by atoms with Crippen LogP contribution in [0.2, 0.25) is 0 Å². The zero-order valence-electron chi connectivity index (χ0n) is 14.7. The van der Waals surface area contributed by atoms with Gasteiger partial charge in [-0.15, -0.1) is 16.9 Å². The van der Waals surface area contributed by atoms with Gasteiger partial charge >= 0.3 is 6.01 Å². The number of nitro groups is 2. The number of carbonyl (C=O) groups excluding carboxylic acids is 1. The molecule has 0 fully saturated rings. The fourth-order valence-electron chi connectivity index (χ4n) is 2.28. The number of amides is 1. The van der Waals surface area contributed by atoms with Crippen molar-refractivity contribution in [3.05, 3.63) is 80.2 Å². The number of carbonyl (C=O) groups is 1. The van der Waals surface area contributed by atoms with Crippen molar-refractivity contribution in [2.75, 3.05) is 11.1 Å². The Hall–Kier alpha value is -3.80. The van der Waals surface area contributed by atoms with Crippen LogP contribution in [0.4, 0.5) is 17.4 Å². The third kappa shape index (κ3) is 5.35. The Kier molecular flexibility index (Phi) is 6.14. The molecule has 0 spiro atoms. The van der Waals surface area contributed by atoms with Crippen molar-refractivity contribution in [3.63, 3.8) is 0 Å². The topological polar surface area (TPSA) is 154 Å². The first-order chi connectivity index (χ1) is 13.9. The molecule has 0 aliphatic heterocycles. The summed E-state index contributed by atoms with van der Waals surface area (Å²) in [6.45, 7) is 0. The lowest BCUT2D eigenvalue weighted by molar-refractivity contribution is -0.394. The minimum absolute atomic E-state index is 0.205. The molecule has 1 N–H and O–H groups in total. The second-order valence-corrected chi connectivity index (χ2v) is 6.79. The second kappa shape index (κ2) is 8.93. The fraction of sp³-hybridized carbons (Fsp3) is 0.118. The van der Waals surface area contributed by atoms with Crippen LogP contribution in [0.25, 0.3) is 0 Å². The maximum Gasteiger partial charge on any atom is 0.322 e. The van der Waals surface area contributed by atoms with Crippen LogP contribution in [0.3, 0.4) is 0 Å². The highest BCUT2D eigenvalue weighted by molar-refractivity contribution is 7.99. The highest BCUT2D eigenvalue weighted by Gasteiger charge is 2.21. The van der Waals surface area contributed by atoms with Crippen molar-refractivity contribution in [2.45, 2.75) is 11.3 Å². The zero-order chi connectivity index (χ0) is 20.8. The van der Waals surface area contributed by atoms with E-state index in [0.717, 1.165) is 23.1 Å². The number of non-ortho nitro benzene ring substituents is 2. The number of nitrogens with one attached hydrogen (secondary N) is 1. The molecule has 0 saturated carbocycles. The van der Waals surface area contributed by atoms with Crippen LogP contribution >= 0.6 is 11.8 Å². The molecule has 0 saturated heterocycles. The smallest absolute Gasteiger partial charge is 0.322 e.